The Morgan fingerprint density at radius 3 is 2.54 bits per heavy atom. The Morgan fingerprint density at radius 2 is 1.92 bits per heavy atom. The Labute approximate surface area is 156 Å². The van der Waals surface area contributed by atoms with Crippen LogP contribution in [0.25, 0.3) is 0 Å². The summed E-state index contributed by atoms with van der Waals surface area (Å²) >= 11 is 1.41. The lowest BCUT2D eigenvalue weighted by Gasteiger charge is -2.51. The van der Waals surface area contributed by atoms with Gasteiger partial charge in [-0.2, -0.15) is 0 Å². The van der Waals surface area contributed by atoms with Crippen molar-refractivity contribution in [2.45, 2.75) is 49.4 Å². The lowest BCUT2D eigenvalue weighted by atomic mass is 9.86. The molecule has 2 heterocycles. The van der Waals surface area contributed by atoms with Crippen molar-refractivity contribution in [3.63, 3.8) is 0 Å². The summed E-state index contributed by atoms with van der Waals surface area (Å²) in [6.07, 6.45) is 0. The molecule has 7 nitrogen and oxygen atoms in total. The number of fused-ring (bicyclic) bond motifs is 1. The number of rotatable bonds is 5. The molecule has 0 aliphatic carbocycles. The average Bonchev–Trinajstić information content (AvgIpc) is 2.85. The van der Waals surface area contributed by atoms with Gasteiger partial charge in [0.1, 0.15) is 17.0 Å². The van der Waals surface area contributed by atoms with Crippen molar-refractivity contribution in [1.29, 1.82) is 0 Å². The van der Waals surface area contributed by atoms with Gasteiger partial charge >= 0.3 is 5.97 Å². The van der Waals surface area contributed by atoms with E-state index in [1.54, 1.807) is 19.1 Å². The van der Waals surface area contributed by atoms with Crippen LogP contribution in [-0.4, -0.2) is 56.0 Å². The fourth-order valence-electron chi connectivity index (χ4n) is 3.67. The topological polar surface area (TPSA) is 98.7 Å². The SMILES string of the molecule is CCNc1ccccc1C(=O)N[C@@]1(C)C(=O)N2[C@@H](C(=O)O)C(C)(C)S[C@@H]21. The number of nitrogens with one attached hydrogen (secondary N) is 2. The van der Waals surface area contributed by atoms with Gasteiger partial charge in [-0.25, -0.2) is 4.79 Å². The van der Waals surface area contributed by atoms with Crippen LogP contribution in [0.1, 0.15) is 38.1 Å². The highest BCUT2D eigenvalue weighted by Gasteiger charge is 2.70. The quantitative estimate of drug-likeness (QED) is 0.676. The molecule has 1 aromatic rings. The molecular weight excluding hydrogens is 354 g/mol. The molecule has 2 fully saturated rings. The summed E-state index contributed by atoms with van der Waals surface area (Å²) in [5.41, 5.74) is 0.0316. The number of carbonyl (C=O) groups excluding carboxylic acids is 2. The lowest BCUT2D eigenvalue weighted by molar-refractivity contribution is -0.165. The first-order valence-electron chi connectivity index (χ1n) is 8.52. The Balaban J connectivity index is 1.85. The molecular formula is C18H23N3O4S. The molecule has 140 valence electrons. The van der Waals surface area contributed by atoms with Gasteiger partial charge in [0.25, 0.3) is 11.8 Å². The second kappa shape index (κ2) is 6.19. The minimum atomic E-state index is -1.12. The lowest BCUT2D eigenvalue weighted by Crippen LogP contribution is -2.78. The number of carbonyl (C=O) groups is 3. The number of benzene rings is 1. The van der Waals surface area contributed by atoms with E-state index in [2.05, 4.69) is 10.6 Å². The molecule has 0 aromatic heterocycles. The number of hydrogen-bond acceptors (Lipinski definition) is 5. The van der Waals surface area contributed by atoms with Crippen molar-refractivity contribution >= 4 is 35.2 Å². The van der Waals surface area contributed by atoms with Gasteiger partial charge in [0.15, 0.2) is 0 Å². The van der Waals surface area contributed by atoms with E-state index in [0.717, 1.165) is 0 Å². The van der Waals surface area contributed by atoms with Crippen LogP contribution in [-0.2, 0) is 9.59 Å². The van der Waals surface area contributed by atoms with E-state index in [1.807, 2.05) is 32.9 Å². The predicted octanol–water partition coefficient (Wildman–Crippen LogP) is 1.75. The maximum absolute atomic E-state index is 12.8. The molecule has 8 heteroatoms. The van der Waals surface area contributed by atoms with E-state index in [-0.39, 0.29) is 11.8 Å². The molecule has 3 rings (SSSR count). The summed E-state index contributed by atoms with van der Waals surface area (Å²) in [6, 6.07) is 6.21. The summed E-state index contributed by atoms with van der Waals surface area (Å²) < 4.78 is -0.629. The molecule has 0 radical (unpaired) electrons. The van der Waals surface area contributed by atoms with E-state index in [1.165, 1.54) is 16.7 Å². The smallest absolute Gasteiger partial charge is 0.327 e. The summed E-state index contributed by atoms with van der Waals surface area (Å²) in [4.78, 5) is 38.6. The standard InChI is InChI=1S/C18H23N3O4S/c1-5-19-11-9-7-6-8-10(11)13(22)20-18(4)15(25)21-12(14(23)24)17(2,3)26-16(18)21/h6-9,12,16,19H,5H2,1-4H3,(H,20,22)(H,23,24)/t12-,16+,18-/m0/s1. The van der Waals surface area contributed by atoms with Crippen LogP contribution in [0, 0.1) is 0 Å². The van der Waals surface area contributed by atoms with Crippen molar-refractivity contribution in [1.82, 2.24) is 10.2 Å². The zero-order chi connectivity index (χ0) is 19.3. The zero-order valence-electron chi connectivity index (χ0n) is 15.2. The molecule has 2 aliphatic heterocycles. The third-order valence-corrected chi connectivity index (χ3v) is 6.68. The van der Waals surface area contributed by atoms with Crippen molar-refractivity contribution in [2.24, 2.45) is 0 Å². The average molecular weight is 377 g/mol. The van der Waals surface area contributed by atoms with Gasteiger partial charge in [0.05, 0.1) is 5.56 Å². The molecule has 2 aliphatic rings. The molecule has 2 amide bonds. The third-order valence-electron chi connectivity index (χ3n) is 4.92. The Kier molecular flexibility index (Phi) is 4.42. The summed E-state index contributed by atoms with van der Waals surface area (Å²) in [6.45, 7) is 7.89. The first-order chi connectivity index (χ1) is 12.1. The minimum absolute atomic E-state index is 0.353. The Morgan fingerprint density at radius 1 is 1.27 bits per heavy atom. The van der Waals surface area contributed by atoms with Crippen molar-refractivity contribution in [3.05, 3.63) is 29.8 Å². The van der Waals surface area contributed by atoms with Crippen LogP contribution in [0.2, 0.25) is 0 Å². The number of aliphatic carboxylic acids is 1. The second-order valence-corrected chi connectivity index (χ2v) is 8.99. The second-order valence-electron chi connectivity index (χ2n) is 7.26. The number of para-hydroxylation sites is 1. The van der Waals surface area contributed by atoms with Gasteiger partial charge in [-0.1, -0.05) is 12.1 Å². The summed E-state index contributed by atoms with van der Waals surface area (Å²) in [5, 5.41) is 15.1. The van der Waals surface area contributed by atoms with E-state index in [9.17, 15) is 19.5 Å². The molecule has 0 saturated carbocycles. The summed E-state index contributed by atoms with van der Waals surface area (Å²) in [5.74, 6) is -1.74. The number of thioether (sulfide) groups is 1. The first-order valence-corrected chi connectivity index (χ1v) is 9.40. The van der Waals surface area contributed by atoms with Crippen LogP contribution in [0.4, 0.5) is 5.69 Å². The van der Waals surface area contributed by atoms with Gasteiger partial charge < -0.3 is 20.6 Å². The van der Waals surface area contributed by atoms with Gasteiger partial charge in [0, 0.05) is 17.0 Å². The van der Waals surface area contributed by atoms with Gasteiger partial charge in [-0.3, -0.25) is 9.59 Å². The maximum Gasteiger partial charge on any atom is 0.327 e. The number of amides is 2. The fraction of sp³-hybridized carbons (Fsp3) is 0.500. The van der Waals surface area contributed by atoms with Crippen molar-refractivity contribution < 1.29 is 19.5 Å². The molecule has 0 bridgehead atoms. The molecule has 26 heavy (non-hydrogen) atoms. The highest BCUT2D eigenvalue weighted by molar-refractivity contribution is 8.01. The normalized spacial score (nSPS) is 28.9. The van der Waals surface area contributed by atoms with E-state index < -0.39 is 27.7 Å². The molecule has 0 unspecified atom stereocenters. The zero-order valence-corrected chi connectivity index (χ0v) is 16.0. The van der Waals surface area contributed by atoms with Crippen LogP contribution >= 0.6 is 11.8 Å². The molecule has 0 spiro atoms. The van der Waals surface area contributed by atoms with Gasteiger partial charge in [-0.15, -0.1) is 11.8 Å². The minimum Gasteiger partial charge on any atom is -0.480 e. The van der Waals surface area contributed by atoms with E-state index in [0.29, 0.717) is 17.8 Å². The highest BCUT2D eigenvalue weighted by atomic mass is 32.2. The fourth-order valence-corrected chi connectivity index (χ4v) is 5.31. The summed E-state index contributed by atoms with van der Waals surface area (Å²) in [7, 11) is 0. The molecule has 3 N–H and O–H groups in total. The van der Waals surface area contributed by atoms with Crippen LogP contribution in [0.5, 0.6) is 0 Å². The largest absolute Gasteiger partial charge is 0.480 e. The van der Waals surface area contributed by atoms with E-state index >= 15 is 0 Å². The van der Waals surface area contributed by atoms with Crippen LogP contribution < -0.4 is 10.6 Å². The number of hydrogen-bond donors (Lipinski definition) is 3. The van der Waals surface area contributed by atoms with Gasteiger partial charge in [0.2, 0.25) is 0 Å². The highest BCUT2D eigenvalue weighted by Crippen LogP contribution is 2.54. The Bertz CT molecular complexity index is 781. The Hall–Kier alpha value is -2.22. The van der Waals surface area contributed by atoms with Crippen LogP contribution in [0.3, 0.4) is 0 Å². The van der Waals surface area contributed by atoms with Crippen LogP contribution in [0.15, 0.2) is 24.3 Å². The number of carboxylic acid groups (broad SMARTS) is 1. The molecule has 2 saturated heterocycles. The molecule has 3 atom stereocenters. The molecule has 1 aromatic carbocycles. The monoisotopic (exact) mass is 377 g/mol. The van der Waals surface area contributed by atoms with Crippen molar-refractivity contribution in [2.75, 3.05) is 11.9 Å². The number of β-lactam (4-membered cyclic amide) rings is 1. The number of nitrogens with zero attached hydrogens (tertiary/aromatic N) is 1. The first kappa shape index (κ1) is 18.6. The van der Waals surface area contributed by atoms with Crippen molar-refractivity contribution in [3.8, 4) is 0 Å². The third kappa shape index (κ3) is 2.63. The number of anilines is 1. The van der Waals surface area contributed by atoms with E-state index in [4.69, 9.17) is 0 Å². The maximum atomic E-state index is 12.8. The van der Waals surface area contributed by atoms with Gasteiger partial charge in [-0.05, 0) is 39.8 Å². The number of carboxylic acids is 1. The predicted molar refractivity (Wildman–Crippen MR) is 100 cm³/mol.